The fourth-order valence-corrected chi connectivity index (χ4v) is 4.58. The quantitative estimate of drug-likeness (QED) is 0.183. The molecule has 0 saturated carbocycles. The largest absolute Gasteiger partial charge is 0.491 e. The third-order valence-electron chi connectivity index (χ3n) is 5.33. The Morgan fingerprint density at radius 2 is 1.67 bits per heavy atom. The van der Waals surface area contributed by atoms with Gasteiger partial charge < -0.3 is 9.47 Å². The van der Waals surface area contributed by atoms with E-state index in [1.807, 2.05) is 32.0 Å². The first-order valence-electron chi connectivity index (χ1n) is 10.9. The zero-order chi connectivity index (χ0) is 25.8. The van der Waals surface area contributed by atoms with Crippen molar-refractivity contribution in [2.45, 2.75) is 13.8 Å². The smallest absolute Gasteiger partial charge is 0.343 e. The number of thioether (sulfide) groups is 1. The molecule has 0 spiro atoms. The van der Waals surface area contributed by atoms with Crippen LogP contribution in [0.25, 0.3) is 6.08 Å². The Bertz CT molecular complexity index is 1370. The van der Waals surface area contributed by atoms with E-state index < -0.39 is 17.1 Å². The summed E-state index contributed by atoms with van der Waals surface area (Å²) in [5.74, 6) is -0.141. The third-order valence-corrected chi connectivity index (χ3v) is 6.73. The van der Waals surface area contributed by atoms with Crippen LogP contribution in [0.2, 0.25) is 10.0 Å². The molecule has 36 heavy (non-hydrogen) atoms. The van der Waals surface area contributed by atoms with Crippen LogP contribution in [0.4, 0.5) is 4.79 Å². The molecule has 0 aliphatic carbocycles. The molecule has 184 valence electrons. The van der Waals surface area contributed by atoms with Gasteiger partial charge >= 0.3 is 5.97 Å². The van der Waals surface area contributed by atoms with Crippen LogP contribution in [0.1, 0.15) is 27.0 Å². The number of hydrogen-bond donors (Lipinski definition) is 0. The van der Waals surface area contributed by atoms with Gasteiger partial charge in [0.2, 0.25) is 0 Å². The van der Waals surface area contributed by atoms with E-state index in [0.29, 0.717) is 26.9 Å². The van der Waals surface area contributed by atoms with E-state index >= 15 is 0 Å². The summed E-state index contributed by atoms with van der Waals surface area (Å²) in [6.07, 6.45) is 1.49. The van der Waals surface area contributed by atoms with Gasteiger partial charge in [-0.25, -0.2) is 4.79 Å². The number of rotatable bonds is 7. The SMILES string of the molecule is Cc1ccc(C)c(OCCN2C(=O)S/C(=C\c3cc(Cl)ccc3OC(=O)c3ccc(Cl)cc3)C2=O)c1. The average Bonchev–Trinajstić information content (AvgIpc) is 3.10. The topological polar surface area (TPSA) is 72.9 Å². The van der Waals surface area contributed by atoms with Crippen molar-refractivity contribution < 1.29 is 23.9 Å². The van der Waals surface area contributed by atoms with Crippen LogP contribution in [0.15, 0.2) is 65.6 Å². The van der Waals surface area contributed by atoms with Crippen molar-refractivity contribution in [1.29, 1.82) is 0 Å². The predicted molar refractivity (Wildman–Crippen MR) is 142 cm³/mol. The van der Waals surface area contributed by atoms with Crippen molar-refractivity contribution in [2.24, 2.45) is 0 Å². The van der Waals surface area contributed by atoms with Crippen molar-refractivity contribution in [3.05, 3.63) is 97.9 Å². The summed E-state index contributed by atoms with van der Waals surface area (Å²) in [4.78, 5) is 39.4. The number of esters is 1. The van der Waals surface area contributed by atoms with E-state index in [-0.39, 0.29) is 23.8 Å². The fraction of sp³-hybridized carbons (Fsp3) is 0.148. The first-order valence-corrected chi connectivity index (χ1v) is 12.5. The second-order valence-corrected chi connectivity index (χ2v) is 9.90. The molecule has 6 nitrogen and oxygen atoms in total. The summed E-state index contributed by atoms with van der Waals surface area (Å²) in [5, 5.41) is 0.472. The summed E-state index contributed by atoms with van der Waals surface area (Å²) in [5.41, 5.74) is 2.72. The number of nitrogens with zero attached hydrogens (tertiary/aromatic N) is 1. The summed E-state index contributed by atoms with van der Waals surface area (Å²) in [6.45, 7) is 4.16. The Morgan fingerprint density at radius 3 is 2.42 bits per heavy atom. The fourth-order valence-electron chi connectivity index (χ4n) is 3.41. The summed E-state index contributed by atoms with van der Waals surface area (Å²) < 4.78 is 11.3. The molecule has 1 saturated heterocycles. The zero-order valence-electron chi connectivity index (χ0n) is 19.4. The second-order valence-electron chi connectivity index (χ2n) is 8.03. The van der Waals surface area contributed by atoms with Crippen molar-refractivity contribution in [3.63, 3.8) is 0 Å². The highest BCUT2D eigenvalue weighted by atomic mass is 35.5. The summed E-state index contributed by atoms with van der Waals surface area (Å²) in [6, 6.07) is 16.8. The Morgan fingerprint density at radius 1 is 0.944 bits per heavy atom. The molecule has 0 bridgehead atoms. The van der Waals surface area contributed by atoms with E-state index in [9.17, 15) is 14.4 Å². The second kappa shape index (κ2) is 11.2. The molecule has 1 fully saturated rings. The number of hydrogen-bond acceptors (Lipinski definition) is 6. The number of imide groups is 1. The van der Waals surface area contributed by atoms with Crippen LogP contribution in [-0.2, 0) is 4.79 Å². The molecular weight excluding hydrogens is 521 g/mol. The van der Waals surface area contributed by atoms with Gasteiger partial charge in [0.1, 0.15) is 18.1 Å². The van der Waals surface area contributed by atoms with Crippen molar-refractivity contribution in [2.75, 3.05) is 13.2 Å². The molecule has 3 aromatic carbocycles. The highest BCUT2D eigenvalue weighted by Gasteiger charge is 2.35. The van der Waals surface area contributed by atoms with Gasteiger partial charge in [-0.3, -0.25) is 14.5 Å². The summed E-state index contributed by atoms with van der Waals surface area (Å²) in [7, 11) is 0. The Balaban J connectivity index is 1.48. The van der Waals surface area contributed by atoms with Gasteiger partial charge in [-0.1, -0.05) is 35.3 Å². The van der Waals surface area contributed by atoms with Crippen LogP contribution in [0, 0.1) is 13.8 Å². The molecule has 0 atom stereocenters. The Labute approximate surface area is 222 Å². The van der Waals surface area contributed by atoms with E-state index in [4.69, 9.17) is 32.7 Å². The number of ether oxygens (including phenoxy) is 2. The molecule has 9 heteroatoms. The molecule has 0 unspecified atom stereocenters. The van der Waals surface area contributed by atoms with Crippen molar-refractivity contribution >= 4 is 58.2 Å². The first-order chi connectivity index (χ1) is 17.2. The monoisotopic (exact) mass is 541 g/mol. The minimum absolute atomic E-state index is 0.101. The molecule has 1 aliphatic heterocycles. The Hall–Kier alpha value is -3.26. The van der Waals surface area contributed by atoms with Crippen LogP contribution in [-0.4, -0.2) is 35.2 Å². The molecule has 4 rings (SSSR count). The van der Waals surface area contributed by atoms with Crippen LogP contribution < -0.4 is 9.47 Å². The van der Waals surface area contributed by atoms with Crippen molar-refractivity contribution in [1.82, 2.24) is 4.90 Å². The lowest BCUT2D eigenvalue weighted by Crippen LogP contribution is -2.32. The molecule has 3 aromatic rings. The van der Waals surface area contributed by atoms with Gasteiger partial charge in [0.05, 0.1) is 17.0 Å². The number of carbonyl (C=O) groups is 3. The highest BCUT2D eigenvalue weighted by Crippen LogP contribution is 2.35. The standard InChI is InChI=1S/C27H21Cl2NO5S/c1-16-3-4-17(2)23(13-16)34-12-11-30-25(31)24(36-27(30)33)15-19-14-21(29)9-10-22(19)35-26(32)18-5-7-20(28)8-6-18/h3-10,13-15H,11-12H2,1-2H3/b24-15-. The van der Waals surface area contributed by atoms with E-state index in [1.54, 1.807) is 36.4 Å². The number of aryl methyl sites for hydroxylation is 2. The lowest BCUT2D eigenvalue weighted by molar-refractivity contribution is -0.123. The van der Waals surface area contributed by atoms with Gasteiger partial charge in [0.25, 0.3) is 11.1 Å². The van der Waals surface area contributed by atoms with Gasteiger partial charge in [-0.2, -0.15) is 0 Å². The molecular formula is C27H21Cl2NO5S. The Kier molecular flexibility index (Phi) is 8.04. The van der Waals surface area contributed by atoms with Crippen LogP contribution in [0.3, 0.4) is 0 Å². The maximum absolute atomic E-state index is 13.0. The highest BCUT2D eigenvalue weighted by molar-refractivity contribution is 8.18. The zero-order valence-corrected chi connectivity index (χ0v) is 21.7. The van der Waals surface area contributed by atoms with E-state index in [2.05, 4.69) is 0 Å². The number of amides is 2. The number of benzene rings is 3. The van der Waals surface area contributed by atoms with Crippen molar-refractivity contribution in [3.8, 4) is 11.5 Å². The molecule has 0 N–H and O–H groups in total. The van der Waals surface area contributed by atoms with Crippen LogP contribution >= 0.6 is 35.0 Å². The van der Waals surface area contributed by atoms with Gasteiger partial charge in [-0.15, -0.1) is 0 Å². The number of halogens is 2. The maximum Gasteiger partial charge on any atom is 0.343 e. The molecule has 0 aromatic heterocycles. The summed E-state index contributed by atoms with van der Waals surface area (Å²) >= 11 is 12.8. The van der Waals surface area contributed by atoms with Crippen LogP contribution in [0.5, 0.6) is 11.5 Å². The number of carbonyl (C=O) groups excluding carboxylic acids is 3. The minimum atomic E-state index is -0.597. The molecule has 2 amide bonds. The minimum Gasteiger partial charge on any atom is -0.491 e. The van der Waals surface area contributed by atoms with Gasteiger partial charge in [0, 0.05) is 15.6 Å². The lowest BCUT2D eigenvalue weighted by Gasteiger charge is -2.14. The van der Waals surface area contributed by atoms with Gasteiger partial charge in [0.15, 0.2) is 0 Å². The molecule has 0 radical (unpaired) electrons. The lowest BCUT2D eigenvalue weighted by atomic mass is 10.1. The van der Waals surface area contributed by atoms with E-state index in [1.165, 1.54) is 12.1 Å². The third kappa shape index (κ3) is 6.10. The predicted octanol–water partition coefficient (Wildman–Crippen LogP) is 6.94. The van der Waals surface area contributed by atoms with E-state index in [0.717, 1.165) is 27.8 Å². The maximum atomic E-state index is 13.0. The molecule has 1 aliphatic rings. The normalized spacial score (nSPS) is 14.4. The molecule has 1 heterocycles. The van der Waals surface area contributed by atoms with Gasteiger partial charge in [-0.05, 0) is 91.3 Å². The first kappa shape index (κ1) is 25.8. The average molecular weight is 542 g/mol.